The van der Waals surface area contributed by atoms with Gasteiger partial charge >= 0.3 is 12.1 Å². The van der Waals surface area contributed by atoms with Gasteiger partial charge < -0.3 is 19.9 Å². The third-order valence-corrected chi connectivity index (χ3v) is 5.98. The van der Waals surface area contributed by atoms with Gasteiger partial charge in [0.05, 0.1) is 17.9 Å². The predicted molar refractivity (Wildman–Crippen MR) is 131 cm³/mol. The molecule has 3 aromatic rings. The van der Waals surface area contributed by atoms with Gasteiger partial charge in [-0.05, 0) is 77.7 Å². The summed E-state index contributed by atoms with van der Waals surface area (Å²) in [5.41, 5.74) is 2.46. The number of pyridine rings is 1. The van der Waals surface area contributed by atoms with E-state index >= 15 is 0 Å². The Morgan fingerprint density at radius 1 is 1.11 bits per heavy atom. The Bertz CT molecular complexity index is 1340. The molecule has 0 saturated carbocycles. The van der Waals surface area contributed by atoms with Crippen LogP contribution < -0.4 is 15.6 Å². The van der Waals surface area contributed by atoms with E-state index in [0.29, 0.717) is 22.5 Å². The Morgan fingerprint density at radius 2 is 1.86 bits per heavy atom. The van der Waals surface area contributed by atoms with Gasteiger partial charge in [0.1, 0.15) is 22.6 Å². The summed E-state index contributed by atoms with van der Waals surface area (Å²) >= 11 is 3.30. The summed E-state index contributed by atoms with van der Waals surface area (Å²) < 4.78 is 26.1. The zero-order valence-electron chi connectivity index (χ0n) is 19.4. The summed E-state index contributed by atoms with van der Waals surface area (Å²) in [6.45, 7) is 5.43. The smallest absolute Gasteiger partial charge is 0.407 e. The molecule has 0 radical (unpaired) electrons. The van der Waals surface area contributed by atoms with Crippen molar-refractivity contribution in [1.29, 1.82) is 0 Å². The minimum atomic E-state index is -1.09. The van der Waals surface area contributed by atoms with Crippen molar-refractivity contribution in [2.45, 2.75) is 33.9 Å². The van der Waals surface area contributed by atoms with Crippen molar-refractivity contribution in [3.63, 3.8) is 0 Å². The number of hydrogen-bond donors (Lipinski definition) is 2. The Balaban J connectivity index is 1.89. The lowest BCUT2D eigenvalue weighted by molar-refractivity contribution is 0.0696. The van der Waals surface area contributed by atoms with E-state index in [1.165, 1.54) is 28.8 Å². The minimum absolute atomic E-state index is 0.00907. The van der Waals surface area contributed by atoms with Crippen LogP contribution in [0.1, 0.15) is 39.7 Å². The number of carbonyl (C=O) groups excluding carboxylic acids is 1. The SMILES string of the molecule is CCOC(=O)NCc1cc(F)ccc1COc1cc(C)n(-c2cc(C(=O)O)ccc2C)c(=O)c1Br. The topological polar surface area (TPSA) is 107 Å². The number of benzene rings is 2. The number of hydrogen-bond acceptors (Lipinski definition) is 5. The highest BCUT2D eigenvalue weighted by Gasteiger charge is 2.17. The van der Waals surface area contributed by atoms with Gasteiger partial charge in [0.25, 0.3) is 5.56 Å². The van der Waals surface area contributed by atoms with E-state index in [1.807, 2.05) is 0 Å². The average molecular weight is 547 g/mol. The molecule has 1 aromatic heterocycles. The number of amides is 1. The maximum Gasteiger partial charge on any atom is 0.407 e. The second-order valence-corrected chi connectivity index (χ2v) is 8.48. The fourth-order valence-electron chi connectivity index (χ4n) is 3.47. The van der Waals surface area contributed by atoms with Crippen LogP contribution in [0.2, 0.25) is 0 Å². The van der Waals surface area contributed by atoms with Crippen LogP contribution in [-0.2, 0) is 17.9 Å². The fourth-order valence-corrected chi connectivity index (χ4v) is 3.88. The zero-order valence-corrected chi connectivity index (χ0v) is 20.9. The van der Waals surface area contributed by atoms with Gasteiger partial charge in [0.15, 0.2) is 0 Å². The van der Waals surface area contributed by atoms with E-state index in [2.05, 4.69) is 21.2 Å². The number of aromatic nitrogens is 1. The van der Waals surface area contributed by atoms with Crippen molar-refractivity contribution in [3.8, 4) is 11.4 Å². The Kier molecular flexibility index (Phi) is 8.29. The van der Waals surface area contributed by atoms with E-state index in [4.69, 9.17) is 9.47 Å². The fraction of sp³-hybridized carbons (Fsp3) is 0.240. The highest BCUT2D eigenvalue weighted by molar-refractivity contribution is 9.10. The van der Waals surface area contributed by atoms with Gasteiger partial charge in [-0.3, -0.25) is 9.36 Å². The monoisotopic (exact) mass is 546 g/mol. The first-order valence-corrected chi connectivity index (χ1v) is 11.5. The maximum absolute atomic E-state index is 13.8. The molecular weight excluding hydrogens is 523 g/mol. The van der Waals surface area contributed by atoms with Crippen LogP contribution in [-0.4, -0.2) is 28.3 Å². The molecule has 0 aliphatic heterocycles. The molecular formula is C25H24BrFN2O6. The zero-order chi connectivity index (χ0) is 25.7. The molecule has 0 bridgehead atoms. The van der Waals surface area contributed by atoms with Gasteiger partial charge in [-0.25, -0.2) is 14.0 Å². The van der Waals surface area contributed by atoms with Crippen molar-refractivity contribution >= 4 is 28.0 Å². The quantitative estimate of drug-likeness (QED) is 0.417. The van der Waals surface area contributed by atoms with Gasteiger partial charge in [-0.1, -0.05) is 12.1 Å². The standard InChI is InChI=1S/C25H24BrFN2O6/c1-4-34-25(33)28-12-18-10-19(27)8-7-17(18)13-35-21-9-15(3)29(23(30)22(21)26)20-11-16(24(31)32)6-5-14(20)2/h5-11H,4,12-13H2,1-3H3,(H,28,33)(H,31,32). The molecule has 3 rings (SSSR count). The Morgan fingerprint density at radius 3 is 2.54 bits per heavy atom. The normalized spacial score (nSPS) is 10.7. The van der Waals surface area contributed by atoms with E-state index < -0.39 is 23.4 Å². The largest absolute Gasteiger partial charge is 0.487 e. The third-order valence-electron chi connectivity index (χ3n) is 5.25. The lowest BCUT2D eigenvalue weighted by atomic mass is 10.1. The highest BCUT2D eigenvalue weighted by Crippen LogP contribution is 2.27. The van der Waals surface area contributed by atoms with Gasteiger partial charge in [-0.15, -0.1) is 0 Å². The summed E-state index contributed by atoms with van der Waals surface area (Å²) in [7, 11) is 0. The molecule has 8 nitrogen and oxygen atoms in total. The van der Waals surface area contributed by atoms with Crippen LogP contribution in [0.5, 0.6) is 5.75 Å². The van der Waals surface area contributed by atoms with Crippen LogP contribution in [0.15, 0.2) is 51.7 Å². The summed E-state index contributed by atoms with van der Waals surface area (Å²) in [6.07, 6.45) is -0.618. The molecule has 0 aliphatic rings. The molecule has 0 unspecified atom stereocenters. The summed E-state index contributed by atoms with van der Waals surface area (Å²) in [4.78, 5) is 36.2. The number of nitrogens with zero attached hydrogens (tertiary/aromatic N) is 1. The van der Waals surface area contributed by atoms with Crippen molar-refractivity contribution < 1.29 is 28.6 Å². The third kappa shape index (κ3) is 6.07. The molecule has 1 amide bonds. The number of carbonyl (C=O) groups is 2. The van der Waals surface area contributed by atoms with Crippen molar-refractivity contribution in [3.05, 3.63) is 91.1 Å². The predicted octanol–water partition coefficient (Wildman–Crippen LogP) is 4.88. The minimum Gasteiger partial charge on any atom is -0.487 e. The molecule has 2 aromatic carbocycles. The number of nitrogens with one attached hydrogen (secondary N) is 1. The van der Waals surface area contributed by atoms with Crippen molar-refractivity contribution in [2.24, 2.45) is 0 Å². The number of alkyl carbamates (subject to hydrolysis) is 1. The number of halogens is 2. The van der Waals surface area contributed by atoms with E-state index in [-0.39, 0.29) is 35.5 Å². The number of carboxylic acids is 1. The molecule has 0 fully saturated rings. The molecule has 0 aliphatic carbocycles. The molecule has 184 valence electrons. The van der Waals surface area contributed by atoms with E-state index in [9.17, 15) is 23.9 Å². The number of aromatic carboxylic acids is 1. The molecule has 35 heavy (non-hydrogen) atoms. The van der Waals surface area contributed by atoms with Crippen molar-refractivity contribution in [2.75, 3.05) is 6.61 Å². The Hall–Kier alpha value is -3.66. The van der Waals surface area contributed by atoms with Crippen LogP contribution in [0.4, 0.5) is 9.18 Å². The molecule has 1 heterocycles. The van der Waals surface area contributed by atoms with E-state index in [0.717, 1.165) is 5.56 Å². The summed E-state index contributed by atoms with van der Waals surface area (Å²) in [5.74, 6) is -1.29. The van der Waals surface area contributed by atoms with Crippen LogP contribution in [0.3, 0.4) is 0 Å². The molecule has 10 heteroatoms. The summed E-state index contributed by atoms with van der Waals surface area (Å²) in [6, 6.07) is 10.3. The second kappa shape index (κ2) is 11.2. The molecule has 0 saturated heterocycles. The number of ether oxygens (including phenoxy) is 2. The number of aryl methyl sites for hydroxylation is 2. The first-order chi connectivity index (χ1) is 16.6. The Labute approximate surface area is 209 Å². The first-order valence-electron chi connectivity index (χ1n) is 10.7. The van der Waals surface area contributed by atoms with Gasteiger partial charge in [0, 0.05) is 18.3 Å². The highest BCUT2D eigenvalue weighted by atomic mass is 79.9. The second-order valence-electron chi connectivity index (χ2n) is 7.69. The van der Waals surface area contributed by atoms with Crippen LogP contribution in [0, 0.1) is 19.7 Å². The lowest BCUT2D eigenvalue weighted by Gasteiger charge is -2.17. The first kappa shape index (κ1) is 26.0. The molecule has 2 N–H and O–H groups in total. The van der Waals surface area contributed by atoms with Gasteiger partial charge in [-0.2, -0.15) is 0 Å². The van der Waals surface area contributed by atoms with Gasteiger partial charge in [0.2, 0.25) is 0 Å². The molecule has 0 atom stereocenters. The van der Waals surface area contributed by atoms with Crippen LogP contribution >= 0.6 is 15.9 Å². The number of rotatable bonds is 8. The number of carboxylic acid groups (broad SMARTS) is 1. The summed E-state index contributed by atoms with van der Waals surface area (Å²) in [5, 5.41) is 11.9. The lowest BCUT2D eigenvalue weighted by Crippen LogP contribution is -2.24. The van der Waals surface area contributed by atoms with E-state index in [1.54, 1.807) is 39.0 Å². The van der Waals surface area contributed by atoms with Crippen LogP contribution in [0.25, 0.3) is 5.69 Å². The average Bonchev–Trinajstić information content (AvgIpc) is 2.81. The van der Waals surface area contributed by atoms with Crippen molar-refractivity contribution in [1.82, 2.24) is 9.88 Å². The molecule has 0 spiro atoms. The maximum atomic E-state index is 13.8.